The molecular formula is C21H22Cl2N2S. The van der Waals surface area contributed by atoms with E-state index in [2.05, 4.69) is 48.6 Å². The molecule has 26 heavy (non-hydrogen) atoms. The molecule has 0 saturated carbocycles. The lowest BCUT2D eigenvalue weighted by Gasteiger charge is -2.20. The SMILES string of the molecule is Cc1ccc(-c2sc(C3CCNCC3)nc2-c2ccc(Cl)cc2)cc1.Cl. The Balaban J connectivity index is 0.00000196. The summed E-state index contributed by atoms with van der Waals surface area (Å²) in [5.41, 5.74) is 4.74. The van der Waals surface area contributed by atoms with E-state index in [1.165, 1.54) is 33.9 Å². The molecule has 1 aromatic heterocycles. The summed E-state index contributed by atoms with van der Waals surface area (Å²) in [4.78, 5) is 6.34. The molecule has 1 N–H and O–H groups in total. The fourth-order valence-corrected chi connectivity index (χ4v) is 4.67. The number of halogens is 2. The second-order valence-electron chi connectivity index (χ2n) is 6.63. The van der Waals surface area contributed by atoms with Gasteiger partial charge in [-0.3, -0.25) is 0 Å². The van der Waals surface area contributed by atoms with Gasteiger partial charge in [0.05, 0.1) is 15.6 Å². The smallest absolute Gasteiger partial charge is 0.0970 e. The molecule has 1 aliphatic heterocycles. The number of aromatic nitrogens is 1. The van der Waals surface area contributed by atoms with E-state index in [4.69, 9.17) is 16.6 Å². The highest BCUT2D eigenvalue weighted by Gasteiger charge is 2.22. The van der Waals surface area contributed by atoms with Gasteiger partial charge in [0, 0.05) is 16.5 Å². The van der Waals surface area contributed by atoms with Gasteiger partial charge in [0.15, 0.2) is 0 Å². The molecule has 0 unspecified atom stereocenters. The highest BCUT2D eigenvalue weighted by Crippen LogP contribution is 2.41. The van der Waals surface area contributed by atoms with Gasteiger partial charge >= 0.3 is 0 Å². The van der Waals surface area contributed by atoms with E-state index in [1.54, 1.807) is 0 Å². The summed E-state index contributed by atoms with van der Waals surface area (Å²) in [6, 6.07) is 16.8. The second-order valence-corrected chi connectivity index (χ2v) is 8.09. The van der Waals surface area contributed by atoms with Crippen molar-refractivity contribution in [3.63, 3.8) is 0 Å². The molecule has 0 spiro atoms. The highest BCUT2D eigenvalue weighted by atomic mass is 35.5. The Bertz CT molecular complexity index is 788. The predicted molar refractivity (Wildman–Crippen MR) is 115 cm³/mol. The number of thiazole rings is 1. The van der Waals surface area contributed by atoms with Crippen LogP contribution in [0.2, 0.25) is 5.02 Å². The molecule has 2 heterocycles. The highest BCUT2D eigenvalue weighted by molar-refractivity contribution is 7.15. The second kappa shape index (κ2) is 8.53. The molecule has 0 aliphatic carbocycles. The van der Waals surface area contributed by atoms with Crippen LogP contribution in [-0.2, 0) is 0 Å². The van der Waals surface area contributed by atoms with Gasteiger partial charge in [0.1, 0.15) is 0 Å². The molecule has 0 bridgehead atoms. The molecule has 0 radical (unpaired) electrons. The van der Waals surface area contributed by atoms with Crippen LogP contribution < -0.4 is 5.32 Å². The quantitative estimate of drug-likeness (QED) is 0.551. The molecule has 136 valence electrons. The lowest BCUT2D eigenvalue weighted by atomic mass is 9.99. The first-order valence-corrected chi connectivity index (χ1v) is 9.94. The number of nitrogens with zero attached hydrogens (tertiary/aromatic N) is 1. The number of nitrogens with one attached hydrogen (secondary N) is 1. The minimum absolute atomic E-state index is 0. The third kappa shape index (κ3) is 4.12. The Hall–Kier alpha value is -1.39. The van der Waals surface area contributed by atoms with E-state index in [-0.39, 0.29) is 12.4 Å². The molecule has 0 atom stereocenters. The molecule has 4 rings (SSSR count). The summed E-state index contributed by atoms with van der Waals surface area (Å²) >= 11 is 7.93. The molecule has 1 fully saturated rings. The zero-order chi connectivity index (χ0) is 17.2. The maximum absolute atomic E-state index is 6.08. The maximum Gasteiger partial charge on any atom is 0.0970 e. The average Bonchev–Trinajstić information content (AvgIpc) is 3.09. The van der Waals surface area contributed by atoms with Crippen LogP contribution in [-0.4, -0.2) is 18.1 Å². The number of aryl methyl sites for hydroxylation is 1. The first kappa shape index (κ1) is 19.4. The third-order valence-corrected chi connectivity index (χ3v) is 6.28. The summed E-state index contributed by atoms with van der Waals surface area (Å²) in [6.45, 7) is 4.29. The van der Waals surface area contributed by atoms with E-state index in [0.29, 0.717) is 5.92 Å². The summed E-state index contributed by atoms with van der Waals surface area (Å²) in [7, 11) is 0. The van der Waals surface area contributed by atoms with E-state index in [0.717, 1.165) is 29.4 Å². The lowest BCUT2D eigenvalue weighted by molar-refractivity contribution is 0.459. The van der Waals surface area contributed by atoms with E-state index in [1.807, 2.05) is 23.5 Å². The number of piperidine rings is 1. The molecule has 3 aromatic rings. The van der Waals surface area contributed by atoms with Crippen LogP contribution in [0, 0.1) is 6.92 Å². The van der Waals surface area contributed by atoms with Crippen LogP contribution in [0.5, 0.6) is 0 Å². The van der Waals surface area contributed by atoms with Gasteiger partial charge < -0.3 is 5.32 Å². The van der Waals surface area contributed by atoms with Crippen LogP contribution in [0.25, 0.3) is 21.7 Å². The Morgan fingerprint density at radius 1 is 0.962 bits per heavy atom. The van der Waals surface area contributed by atoms with Crippen molar-refractivity contribution >= 4 is 35.3 Å². The first-order valence-electron chi connectivity index (χ1n) is 8.75. The van der Waals surface area contributed by atoms with Crippen molar-refractivity contribution in [1.82, 2.24) is 10.3 Å². The van der Waals surface area contributed by atoms with Crippen molar-refractivity contribution in [2.45, 2.75) is 25.7 Å². The van der Waals surface area contributed by atoms with E-state index in [9.17, 15) is 0 Å². The van der Waals surface area contributed by atoms with Crippen molar-refractivity contribution in [3.05, 3.63) is 64.1 Å². The largest absolute Gasteiger partial charge is 0.317 e. The van der Waals surface area contributed by atoms with Gasteiger partial charge in [-0.15, -0.1) is 23.7 Å². The number of hydrogen-bond acceptors (Lipinski definition) is 3. The number of rotatable bonds is 3. The first-order chi connectivity index (χ1) is 12.2. The topological polar surface area (TPSA) is 24.9 Å². The van der Waals surface area contributed by atoms with Crippen LogP contribution >= 0.6 is 35.3 Å². The number of benzene rings is 2. The molecular weight excluding hydrogens is 383 g/mol. The Morgan fingerprint density at radius 2 is 1.58 bits per heavy atom. The standard InChI is InChI=1S/C21H21ClN2S.ClH/c1-14-2-4-16(5-3-14)20-19(15-6-8-18(22)9-7-15)24-21(25-20)17-10-12-23-13-11-17;/h2-9,17,23H,10-13H2,1H3;1H. The van der Waals surface area contributed by atoms with E-state index >= 15 is 0 Å². The van der Waals surface area contributed by atoms with Crippen LogP contribution in [0.1, 0.15) is 29.3 Å². The maximum atomic E-state index is 6.08. The lowest BCUT2D eigenvalue weighted by Crippen LogP contribution is -2.26. The normalized spacial score (nSPS) is 14.8. The van der Waals surface area contributed by atoms with Gasteiger partial charge in [-0.25, -0.2) is 4.98 Å². The molecule has 1 saturated heterocycles. The predicted octanol–water partition coefficient (Wildman–Crippen LogP) is 6.33. The monoisotopic (exact) mass is 404 g/mol. The molecule has 0 amide bonds. The van der Waals surface area contributed by atoms with Crippen molar-refractivity contribution in [1.29, 1.82) is 0 Å². The summed E-state index contributed by atoms with van der Waals surface area (Å²) in [6.07, 6.45) is 2.34. The molecule has 5 heteroatoms. The Kier molecular flexibility index (Phi) is 6.36. The summed E-state index contributed by atoms with van der Waals surface area (Å²) < 4.78 is 0. The van der Waals surface area contributed by atoms with Crippen molar-refractivity contribution in [2.24, 2.45) is 0 Å². The van der Waals surface area contributed by atoms with Crippen LogP contribution in [0.3, 0.4) is 0 Å². The van der Waals surface area contributed by atoms with Gasteiger partial charge in [-0.1, -0.05) is 53.6 Å². The van der Waals surface area contributed by atoms with Gasteiger partial charge in [-0.2, -0.15) is 0 Å². The van der Waals surface area contributed by atoms with Crippen LogP contribution in [0.15, 0.2) is 48.5 Å². The Labute approximate surface area is 170 Å². The van der Waals surface area contributed by atoms with Crippen molar-refractivity contribution in [2.75, 3.05) is 13.1 Å². The van der Waals surface area contributed by atoms with Crippen molar-refractivity contribution in [3.8, 4) is 21.7 Å². The van der Waals surface area contributed by atoms with E-state index < -0.39 is 0 Å². The minimum Gasteiger partial charge on any atom is -0.317 e. The fourth-order valence-electron chi connectivity index (χ4n) is 3.28. The fraction of sp³-hybridized carbons (Fsp3) is 0.286. The third-order valence-electron chi connectivity index (χ3n) is 4.76. The zero-order valence-electron chi connectivity index (χ0n) is 14.7. The average molecular weight is 405 g/mol. The summed E-state index contributed by atoms with van der Waals surface area (Å²) in [5.74, 6) is 0.566. The van der Waals surface area contributed by atoms with Gasteiger partial charge in [0.25, 0.3) is 0 Å². The molecule has 1 aliphatic rings. The minimum atomic E-state index is 0. The van der Waals surface area contributed by atoms with Crippen molar-refractivity contribution < 1.29 is 0 Å². The van der Waals surface area contributed by atoms with Crippen LogP contribution in [0.4, 0.5) is 0 Å². The Morgan fingerprint density at radius 3 is 2.23 bits per heavy atom. The number of hydrogen-bond donors (Lipinski definition) is 1. The van der Waals surface area contributed by atoms with Gasteiger partial charge in [0.2, 0.25) is 0 Å². The molecule has 2 aromatic carbocycles. The zero-order valence-corrected chi connectivity index (χ0v) is 17.1. The summed E-state index contributed by atoms with van der Waals surface area (Å²) in [5, 5.41) is 5.47. The van der Waals surface area contributed by atoms with Gasteiger partial charge in [-0.05, 0) is 50.6 Å². The molecule has 2 nitrogen and oxygen atoms in total.